The Morgan fingerprint density at radius 3 is 2.75 bits per heavy atom. The van der Waals surface area contributed by atoms with E-state index in [1.54, 1.807) is 10.8 Å². The minimum atomic E-state index is 0.0335. The lowest BCUT2D eigenvalue weighted by molar-refractivity contribution is 0.270. The number of rotatable bonds is 8. The Morgan fingerprint density at radius 2 is 2.12 bits per heavy atom. The Hall–Kier alpha value is -2.47. The highest BCUT2D eigenvalue weighted by Crippen LogP contribution is 2.32. The van der Waals surface area contributed by atoms with E-state index in [4.69, 9.17) is 4.74 Å². The zero-order valence-corrected chi connectivity index (χ0v) is 14.5. The number of hydrogen-bond donors (Lipinski definition) is 3. The van der Waals surface area contributed by atoms with E-state index in [0.717, 1.165) is 28.2 Å². The molecule has 1 heterocycles. The molecule has 0 atom stereocenters. The fourth-order valence-electron chi connectivity index (χ4n) is 2.63. The van der Waals surface area contributed by atoms with Crippen molar-refractivity contribution in [1.29, 1.82) is 0 Å². The lowest BCUT2D eigenvalue weighted by Crippen LogP contribution is -2.11. The summed E-state index contributed by atoms with van der Waals surface area (Å²) in [6, 6.07) is 3.74. The largest absolute Gasteiger partial charge is 0.504 e. The van der Waals surface area contributed by atoms with Crippen molar-refractivity contribution in [3.05, 3.63) is 47.2 Å². The summed E-state index contributed by atoms with van der Waals surface area (Å²) in [7, 11) is 1.54. The van der Waals surface area contributed by atoms with E-state index in [1.165, 1.54) is 7.11 Å². The lowest BCUT2D eigenvalue weighted by atomic mass is 10.1. The molecule has 3 N–H and O–H groups in total. The highest BCUT2D eigenvalue weighted by atomic mass is 16.5. The molecule has 0 saturated carbocycles. The van der Waals surface area contributed by atoms with Crippen molar-refractivity contribution in [2.45, 2.75) is 33.4 Å². The maximum Gasteiger partial charge on any atom is 0.161 e. The molecular formula is C18H25N3O3. The monoisotopic (exact) mass is 331 g/mol. The van der Waals surface area contributed by atoms with Gasteiger partial charge in [0, 0.05) is 17.7 Å². The second-order valence-corrected chi connectivity index (χ2v) is 5.66. The second-order valence-electron chi connectivity index (χ2n) is 5.66. The molecule has 130 valence electrons. The van der Waals surface area contributed by atoms with Gasteiger partial charge in [-0.3, -0.25) is 0 Å². The maximum absolute atomic E-state index is 10.2. The van der Waals surface area contributed by atoms with Gasteiger partial charge in [0.2, 0.25) is 0 Å². The van der Waals surface area contributed by atoms with Gasteiger partial charge in [-0.2, -0.15) is 5.10 Å². The minimum Gasteiger partial charge on any atom is -0.504 e. The van der Waals surface area contributed by atoms with Crippen molar-refractivity contribution in [2.75, 3.05) is 19.0 Å². The van der Waals surface area contributed by atoms with Crippen LogP contribution in [0.5, 0.6) is 11.5 Å². The first-order valence-electron chi connectivity index (χ1n) is 7.90. The molecular weight excluding hydrogens is 306 g/mol. The zero-order valence-electron chi connectivity index (χ0n) is 14.5. The molecule has 0 aliphatic heterocycles. The van der Waals surface area contributed by atoms with Crippen LogP contribution in [-0.2, 0) is 19.5 Å². The van der Waals surface area contributed by atoms with Crippen LogP contribution in [0, 0.1) is 13.8 Å². The molecule has 0 fully saturated rings. The second kappa shape index (κ2) is 7.88. The number of nitrogens with zero attached hydrogens (tertiary/aromatic N) is 2. The number of phenols is 1. The SMILES string of the molecule is C=CCc1cc(CNc2c(C)c(C)nn2CCO)cc(OC)c1O. The molecule has 1 aromatic carbocycles. The zero-order chi connectivity index (χ0) is 17.7. The summed E-state index contributed by atoms with van der Waals surface area (Å²) in [5.41, 5.74) is 3.75. The number of aromatic nitrogens is 2. The van der Waals surface area contributed by atoms with Crippen LogP contribution in [0.25, 0.3) is 0 Å². The average molecular weight is 331 g/mol. The number of aliphatic hydroxyl groups excluding tert-OH is 1. The summed E-state index contributed by atoms with van der Waals surface area (Å²) >= 11 is 0. The minimum absolute atomic E-state index is 0.0335. The highest BCUT2D eigenvalue weighted by Gasteiger charge is 2.13. The van der Waals surface area contributed by atoms with Gasteiger partial charge in [-0.1, -0.05) is 6.08 Å². The van der Waals surface area contributed by atoms with Crippen LogP contribution in [0.1, 0.15) is 22.4 Å². The van der Waals surface area contributed by atoms with Crippen molar-refractivity contribution in [1.82, 2.24) is 9.78 Å². The van der Waals surface area contributed by atoms with Crippen molar-refractivity contribution in [3.63, 3.8) is 0 Å². The number of aryl methyl sites for hydroxylation is 1. The highest BCUT2D eigenvalue weighted by molar-refractivity contribution is 5.51. The molecule has 0 spiro atoms. The van der Waals surface area contributed by atoms with E-state index in [0.29, 0.717) is 25.3 Å². The number of aromatic hydroxyl groups is 1. The lowest BCUT2D eigenvalue weighted by Gasteiger charge is -2.14. The number of ether oxygens (including phenoxy) is 1. The molecule has 0 radical (unpaired) electrons. The van der Waals surface area contributed by atoms with Crippen molar-refractivity contribution in [3.8, 4) is 11.5 Å². The normalized spacial score (nSPS) is 10.7. The number of benzene rings is 1. The van der Waals surface area contributed by atoms with Crippen LogP contribution in [0.3, 0.4) is 0 Å². The standard InChI is InChI=1S/C18H25N3O3/c1-5-6-15-9-14(10-16(24-4)17(15)23)11-19-18-12(2)13(3)20-21(18)7-8-22/h5,9-10,19,22-23H,1,6-8,11H2,2-4H3. The van der Waals surface area contributed by atoms with E-state index in [-0.39, 0.29) is 12.4 Å². The van der Waals surface area contributed by atoms with E-state index in [9.17, 15) is 10.2 Å². The van der Waals surface area contributed by atoms with Crippen LogP contribution >= 0.6 is 0 Å². The molecule has 1 aromatic heterocycles. The van der Waals surface area contributed by atoms with E-state index in [2.05, 4.69) is 17.0 Å². The van der Waals surface area contributed by atoms with Gasteiger partial charge >= 0.3 is 0 Å². The quantitative estimate of drug-likeness (QED) is 0.648. The van der Waals surface area contributed by atoms with Gasteiger partial charge in [-0.25, -0.2) is 4.68 Å². The molecule has 2 rings (SSSR count). The number of phenolic OH excluding ortho intramolecular Hbond substituents is 1. The first-order chi connectivity index (χ1) is 11.5. The summed E-state index contributed by atoms with van der Waals surface area (Å²) in [6.07, 6.45) is 2.31. The molecule has 0 unspecified atom stereocenters. The Balaban J connectivity index is 2.26. The molecule has 0 bridgehead atoms. The van der Waals surface area contributed by atoms with Crippen LogP contribution in [0.4, 0.5) is 5.82 Å². The molecule has 0 aliphatic rings. The van der Waals surface area contributed by atoms with Crippen molar-refractivity contribution < 1.29 is 14.9 Å². The van der Waals surface area contributed by atoms with E-state index < -0.39 is 0 Å². The van der Waals surface area contributed by atoms with Gasteiger partial charge in [-0.05, 0) is 38.0 Å². The number of hydrogen-bond acceptors (Lipinski definition) is 5. The summed E-state index contributed by atoms with van der Waals surface area (Å²) in [5.74, 6) is 1.49. The third-order valence-electron chi connectivity index (χ3n) is 4.00. The fourth-order valence-corrected chi connectivity index (χ4v) is 2.63. The number of nitrogens with one attached hydrogen (secondary N) is 1. The Morgan fingerprint density at radius 1 is 1.38 bits per heavy atom. The molecule has 2 aromatic rings. The first-order valence-corrected chi connectivity index (χ1v) is 7.90. The van der Waals surface area contributed by atoms with Gasteiger partial charge in [0.1, 0.15) is 5.82 Å². The molecule has 0 amide bonds. The topological polar surface area (TPSA) is 79.5 Å². The summed E-state index contributed by atoms with van der Waals surface area (Å²) in [4.78, 5) is 0. The van der Waals surface area contributed by atoms with Crippen molar-refractivity contribution >= 4 is 5.82 Å². The Labute approximate surface area is 142 Å². The Bertz CT molecular complexity index is 723. The first kappa shape index (κ1) is 17.9. The molecule has 6 nitrogen and oxygen atoms in total. The van der Waals surface area contributed by atoms with Gasteiger partial charge in [-0.15, -0.1) is 6.58 Å². The van der Waals surface area contributed by atoms with Gasteiger partial charge in [0.05, 0.1) is 26.0 Å². The fraction of sp³-hybridized carbons (Fsp3) is 0.389. The summed E-state index contributed by atoms with van der Waals surface area (Å²) in [6.45, 7) is 8.69. The maximum atomic E-state index is 10.2. The Kier molecular flexibility index (Phi) is 5.87. The number of aliphatic hydroxyl groups is 1. The van der Waals surface area contributed by atoms with Crippen LogP contribution < -0.4 is 10.1 Å². The van der Waals surface area contributed by atoms with E-state index in [1.807, 2.05) is 26.0 Å². The number of methoxy groups -OCH3 is 1. The predicted molar refractivity (Wildman–Crippen MR) is 94.7 cm³/mol. The molecule has 0 aliphatic carbocycles. The summed E-state index contributed by atoms with van der Waals surface area (Å²) in [5, 5.41) is 27.1. The molecule has 0 saturated heterocycles. The van der Waals surface area contributed by atoms with E-state index >= 15 is 0 Å². The third-order valence-corrected chi connectivity index (χ3v) is 4.00. The van der Waals surface area contributed by atoms with Crippen LogP contribution in [-0.4, -0.2) is 33.7 Å². The van der Waals surface area contributed by atoms with Crippen LogP contribution in [0.2, 0.25) is 0 Å². The number of anilines is 1. The number of allylic oxidation sites excluding steroid dienone is 1. The predicted octanol–water partition coefficient (Wildman–Crippen LogP) is 2.55. The summed E-state index contributed by atoms with van der Waals surface area (Å²) < 4.78 is 7.02. The smallest absolute Gasteiger partial charge is 0.161 e. The van der Waals surface area contributed by atoms with Crippen molar-refractivity contribution in [2.24, 2.45) is 0 Å². The van der Waals surface area contributed by atoms with Gasteiger partial charge in [0.25, 0.3) is 0 Å². The van der Waals surface area contributed by atoms with Gasteiger partial charge in [0.15, 0.2) is 11.5 Å². The van der Waals surface area contributed by atoms with Gasteiger partial charge < -0.3 is 20.3 Å². The van der Waals surface area contributed by atoms with Crippen LogP contribution in [0.15, 0.2) is 24.8 Å². The molecule has 6 heteroatoms. The molecule has 24 heavy (non-hydrogen) atoms. The third kappa shape index (κ3) is 3.71. The average Bonchev–Trinajstić information content (AvgIpc) is 2.83.